The topological polar surface area (TPSA) is 33.5 Å². The zero-order valence-electron chi connectivity index (χ0n) is 36.2. The van der Waals surface area contributed by atoms with E-state index >= 15 is 0 Å². The van der Waals surface area contributed by atoms with E-state index in [4.69, 9.17) is 9.72 Å². The fourth-order valence-electron chi connectivity index (χ4n) is 7.70. The molecule has 0 atom stereocenters. The molecule has 1 aliphatic rings. The van der Waals surface area contributed by atoms with Crippen LogP contribution in [-0.4, -0.2) is 9.55 Å². The second kappa shape index (κ2) is 15.5. The Bertz CT molecular complexity index is 2650. The first-order chi connectivity index (χ1) is 27.4. The second-order valence-electron chi connectivity index (χ2n) is 19.3. The summed E-state index contributed by atoms with van der Waals surface area (Å²) in [6, 6.07) is 46.4. The summed E-state index contributed by atoms with van der Waals surface area (Å²) in [5.41, 5.74) is 9.88. The average Bonchev–Trinajstić information content (AvgIpc) is 3.80. The molecule has 0 bridgehead atoms. The molecular formula is C53H55N4OPt-3. The van der Waals surface area contributed by atoms with Gasteiger partial charge in [-0.15, -0.1) is 53.6 Å². The molecule has 1 aliphatic heterocycles. The molecule has 0 unspecified atom stereocenters. The average molecular weight is 959 g/mol. The van der Waals surface area contributed by atoms with E-state index in [1.807, 2.05) is 12.3 Å². The molecule has 2 aromatic heterocycles. The molecule has 0 saturated heterocycles. The Morgan fingerprint density at radius 3 is 1.86 bits per heavy atom. The van der Waals surface area contributed by atoms with Gasteiger partial charge in [0.1, 0.15) is 5.82 Å². The Labute approximate surface area is 366 Å². The largest absolute Gasteiger partial charge is 0.509 e. The molecule has 0 spiro atoms. The molecule has 0 saturated carbocycles. The number of aromatic nitrogens is 2. The van der Waals surface area contributed by atoms with Crippen LogP contribution in [0.1, 0.15) is 104 Å². The van der Waals surface area contributed by atoms with Crippen molar-refractivity contribution in [3.63, 3.8) is 0 Å². The Morgan fingerprint density at radius 2 is 1.19 bits per heavy atom. The Morgan fingerprint density at radius 1 is 0.542 bits per heavy atom. The molecule has 0 amide bonds. The van der Waals surface area contributed by atoms with Crippen LogP contribution < -0.4 is 14.5 Å². The summed E-state index contributed by atoms with van der Waals surface area (Å²) >= 11 is 0. The van der Waals surface area contributed by atoms with E-state index in [2.05, 4.69) is 225 Å². The van der Waals surface area contributed by atoms with Crippen molar-refractivity contribution in [1.29, 1.82) is 0 Å². The Kier molecular flexibility index (Phi) is 11.0. The number of hydrogen-bond donors (Lipinski definition) is 0. The van der Waals surface area contributed by atoms with Crippen LogP contribution in [0.3, 0.4) is 0 Å². The van der Waals surface area contributed by atoms with Gasteiger partial charge in [-0.3, -0.25) is 0 Å². The van der Waals surface area contributed by atoms with Crippen molar-refractivity contribution >= 4 is 33.2 Å². The van der Waals surface area contributed by atoms with E-state index in [1.54, 1.807) is 0 Å². The van der Waals surface area contributed by atoms with Gasteiger partial charge >= 0.3 is 0 Å². The first-order valence-corrected chi connectivity index (χ1v) is 20.4. The van der Waals surface area contributed by atoms with Crippen molar-refractivity contribution in [2.45, 2.75) is 97.8 Å². The zero-order valence-corrected chi connectivity index (χ0v) is 38.5. The van der Waals surface area contributed by atoms with Gasteiger partial charge in [0, 0.05) is 50.0 Å². The molecule has 59 heavy (non-hydrogen) atoms. The standard InChI is InChI=1S/C53H55N4O.Pt/c1-50(2,3)36-17-20-41(21-18-36)55-27-28-56(35-55)42-29-40(53(10,11)37-15-13-12-14-16-37)30-44(33-42)58-43-22-23-45-46-31-38(51(4,5)6)19-24-47(46)57(48(45)34-43)49-32-39(25-26-54-49)52(7,8)9;/h12-32,35H,1-11H3;/q-3;. The normalized spacial score (nSPS) is 13.7. The smallest absolute Gasteiger partial charge is 0.135 e. The molecule has 306 valence electrons. The first kappa shape index (κ1) is 42.0. The minimum absolute atomic E-state index is 0. The van der Waals surface area contributed by atoms with E-state index in [9.17, 15) is 0 Å². The third kappa shape index (κ3) is 8.37. The summed E-state index contributed by atoms with van der Waals surface area (Å²) in [5, 5.41) is 2.27. The van der Waals surface area contributed by atoms with Gasteiger partial charge in [-0.1, -0.05) is 136 Å². The van der Waals surface area contributed by atoms with E-state index in [1.165, 1.54) is 27.6 Å². The fourth-order valence-corrected chi connectivity index (χ4v) is 7.70. The van der Waals surface area contributed by atoms with Gasteiger partial charge in [-0.25, -0.2) is 4.98 Å². The van der Waals surface area contributed by atoms with E-state index in [-0.39, 0.29) is 42.7 Å². The summed E-state index contributed by atoms with van der Waals surface area (Å²) in [5.74, 6) is 2.09. The van der Waals surface area contributed by atoms with Gasteiger partial charge < -0.3 is 19.1 Å². The van der Waals surface area contributed by atoms with Crippen molar-refractivity contribution < 1.29 is 25.8 Å². The molecule has 5 nitrogen and oxygen atoms in total. The molecule has 8 rings (SSSR count). The monoisotopic (exact) mass is 958 g/mol. The molecule has 3 heterocycles. The van der Waals surface area contributed by atoms with Crippen LogP contribution in [0.4, 0.5) is 11.4 Å². The maximum atomic E-state index is 6.83. The number of fused-ring (bicyclic) bond motifs is 3. The quantitative estimate of drug-likeness (QED) is 0.149. The third-order valence-corrected chi connectivity index (χ3v) is 11.6. The molecule has 7 aromatic rings. The number of benzene rings is 5. The van der Waals surface area contributed by atoms with Gasteiger partial charge in [0.2, 0.25) is 0 Å². The van der Waals surface area contributed by atoms with Crippen molar-refractivity contribution in [1.82, 2.24) is 9.55 Å². The third-order valence-electron chi connectivity index (χ3n) is 11.6. The summed E-state index contributed by atoms with van der Waals surface area (Å²) in [6.07, 6.45) is 6.08. The van der Waals surface area contributed by atoms with Crippen LogP contribution in [-0.2, 0) is 42.7 Å². The number of anilines is 2. The molecular weight excluding hydrogens is 904 g/mol. The second-order valence-corrected chi connectivity index (χ2v) is 19.3. The van der Waals surface area contributed by atoms with Gasteiger partial charge in [0.15, 0.2) is 0 Å². The molecule has 0 radical (unpaired) electrons. The maximum Gasteiger partial charge on any atom is 0.135 e. The minimum atomic E-state index is -0.316. The van der Waals surface area contributed by atoms with E-state index < -0.39 is 0 Å². The van der Waals surface area contributed by atoms with Gasteiger partial charge in [-0.2, -0.15) is 6.07 Å². The summed E-state index contributed by atoms with van der Waals surface area (Å²) in [7, 11) is 0. The van der Waals surface area contributed by atoms with Crippen LogP contribution >= 0.6 is 0 Å². The van der Waals surface area contributed by atoms with Crippen LogP contribution in [0, 0.1) is 18.8 Å². The number of ether oxygens (including phenoxy) is 1. The molecule has 0 N–H and O–H groups in total. The predicted molar refractivity (Wildman–Crippen MR) is 242 cm³/mol. The predicted octanol–water partition coefficient (Wildman–Crippen LogP) is 13.7. The minimum Gasteiger partial charge on any atom is -0.509 e. The SMILES string of the molecule is CC(C)(C)c1ccc(N2C=CN(c3[c-]c(Oc4[c-]c5c(cc4)c4cc(C(C)(C)C)ccc4n5-c4cc(C(C)(C)C)ccn4)cc(C(C)(C)c4ccccc4)c3)[CH-]2)cc1.[Pt]. The van der Waals surface area contributed by atoms with Gasteiger partial charge in [0.05, 0.1) is 0 Å². The first-order valence-electron chi connectivity index (χ1n) is 20.4. The number of hydrogen-bond acceptors (Lipinski definition) is 4. The summed E-state index contributed by atoms with van der Waals surface area (Å²) in [4.78, 5) is 9.18. The number of nitrogens with zero attached hydrogens (tertiary/aromatic N) is 4. The Balaban J connectivity index is 0.00000528. The summed E-state index contributed by atoms with van der Waals surface area (Å²) in [6.45, 7) is 26.8. The number of rotatable bonds is 7. The molecule has 6 heteroatoms. The molecule has 0 aliphatic carbocycles. The van der Waals surface area contributed by atoms with Crippen LogP contribution in [0.2, 0.25) is 0 Å². The van der Waals surface area contributed by atoms with Crippen molar-refractivity contribution in [2.75, 3.05) is 9.80 Å². The van der Waals surface area contributed by atoms with Crippen molar-refractivity contribution in [3.8, 4) is 17.3 Å². The van der Waals surface area contributed by atoms with E-state index in [0.717, 1.165) is 39.2 Å². The maximum absolute atomic E-state index is 6.83. The molecule has 5 aromatic carbocycles. The van der Waals surface area contributed by atoms with Crippen LogP contribution in [0.25, 0.3) is 27.6 Å². The van der Waals surface area contributed by atoms with Crippen LogP contribution in [0.5, 0.6) is 11.5 Å². The van der Waals surface area contributed by atoms with Gasteiger partial charge in [0.25, 0.3) is 0 Å². The fraction of sp³-hybridized carbons (Fsp3) is 0.283. The van der Waals surface area contributed by atoms with Crippen LogP contribution in [0.15, 0.2) is 128 Å². The number of pyridine rings is 1. The van der Waals surface area contributed by atoms with Crippen molar-refractivity contribution in [3.05, 3.63) is 174 Å². The van der Waals surface area contributed by atoms with E-state index in [0.29, 0.717) is 11.5 Å². The summed E-state index contributed by atoms with van der Waals surface area (Å²) < 4.78 is 9.07. The van der Waals surface area contributed by atoms with Gasteiger partial charge in [-0.05, 0) is 92.0 Å². The molecule has 0 fully saturated rings. The Hall–Kier alpha value is -5.12. The zero-order chi connectivity index (χ0) is 41.2. The van der Waals surface area contributed by atoms with Crippen molar-refractivity contribution in [2.24, 2.45) is 0 Å².